The van der Waals surface area contributed by atoms with Gasteiger partial charge in [-0.05, 0) is 63.5 Å². The zero-order valence-electron chi connectivity index (χ0n) is 16.0. The Balaban J connectivity index is 0.00000280. The number of amides is 1. The lowest BCUT2D eigenvalue weighted by Gasteiger charge is -2.33. The zero-order valence-corrected chi connectivity index (χ0v) is 17.6. The van der Waals surface area contributed by atoms with E-state index < -0.39 is 6.10 Å². The van der Waals surface area contributed by atoms with E-state index in [1.807, 2.05) is 35.2 Å². The fourth-order valence-electron chi connectivity index (χ4n) is 3.38. The van der Waals surface area contributed by atoms with Crippen LogP contribution in [0.5, 0.6) is 5.75 Å². The Morgan fingerprint density at radius 1 is 1.25 bits per heavy atom. The number of para-hydroxylation sites is 1. The van der Waals surface area contributed by atoms with E-state index in [9.17, 15) is 4.79 Å². The van der Waals surface area contributed by atoms with Crippen LogP contribution in [0.15, 0.2) is 48.7 Å². The number of rotatable bonds is 6. The summed E-state index contributed by atoms with van der Waals surface area (Å²) in [6.07, 6.45) is 4.10. The standard InChI is InChI=1S/C21H26ClN3O2.ClH/c1-16(27-20-10-3-2-9-19(20)22)21(26)25(15-17-7-4-5-13-24-17)18-8-6-12-23-14-11-18;/h2-5,7,9-10,13,16,18,23H,6,8,11-12,14-15H2,1H3;1H. The van der Waals surface area contributed by atoms with Gasteiger partial charge in [-0.1, -0.05) is 29.8 Å². The summed E-state index contributed by atoms with van der Waals surface area (Å²) in [4.78, 5) is 19.6. The molecule has 1 aromatic carbocycles. The summed E-state index contributed by atoms with van der Waals surface area (Å²) in [5.74, 6) is 0.493. The number of nitrogens with one attached hydrogen (secondary N) is 1. The molecule has 1 aromatic heterocycles. The number of carbonyl (C=O) groups is 1. The maximum atomic E-state index is 13.3. The minimum atomic E-state index is -0.621. The number of benzene rings is 1. The van der Waals surface area contributed by atoms with Gasteiger partial charge in [-0.15, -0.1) is 12.4 Å². The number of pyridine rings is 1. The zero-order chi connectivity index (χ0) is 19.1. The number of hydrogen-bond acceptors (Lipinski definition) is 4. The molecule has 152 valence electrons. The molecule has 2 atom stereocenters. The molecular formula is C21H27Cl2N3O2. The Bertz CT molecular complexity index is 737. The summed E-state index contributed by atoms with van der Waals surface area (Å²) in [6.45, 7) is 4.18. The average Bonchev–Trinajstić information content (AvgIpc) is 2.97. The molecule has 0 aliphatic carbocycles. The van der Waals surface area contributed by atoms with E-state index in [2.05, 4.69) is 10.3 Å². The van der Waals surface area contributed by atoms with Crippen molar-refractivity contribution in [3.05, 3.63) is 59.4 Å². The van der Waals surface area contributed by atoms with Crippen molar-refractivity contribution in [1.82, 2.24) is 15.2 Å². The highest BCUT2D eigenvalue weighted by molar-refractivity contribution is 6.32. The van der Waals surface area contributed by atoms with Crippen molar-refractivity contribution >= 4 is 29.9 Å². The van der Waals surface area contributed by atoms with Crippen molar-refractivity contribution in [3.8, 4) is 5.75 Å². The van der Waals surface area contributed by atoms with Crippen molar-refractivity contribution in [2.45, 2.75) is 44.9 Å². The van der Waals surface area contributed by atoms with Gasteiger partial charge in [0.2, 0.25) is 0 Å². The maximum Gasteiger partial charge on any atom is 0.263 e. The fourth-order valence-corrected chi connectivity index (χ4v) is 3.56. The molecule has 1 saturated heterocycles. The van der Waals surface area contributed by atoms with E-state index in [-0.39, 0.29) is 24.4 Å². The van der Waals surface area contributed by atoms with E-state index in [0.29, 0.717) is 17.3 Å². The van der Waals surface area contributed by atoms with Crippen LogP contribution in [0, 0.1) is 0 Å². The highest BCUT2D eigenvalue weighted by Gasteiger charge is 2.29. The second-order valence-electron chi connectivity index (χ2n) is 6.81. The van der Waals surface area contributed by atoms with Crippen molar-refractivity contribution in [2.75, 3.05) is 13.1 Å². The predicted octanol–water partition coefficient (Wildman–Crippen LogP) is 4.10. The summed E-state index contributed by atoms with van der Waals surface area (Å²) in [5, 5.41) is 3.92. The van der Waals surface area contributed by atoms with Crippen LogP contribution in [-0.2, 0) is 11.3 Å². The third kappa shape index (κ3) is 6.09. The lowest BCUT2D eigenvalue weighted by Crippen LogP contribution is -2.46. The molecule has 2 aromatic rings. The first-order chi connectivity index (χ1) is 13.1. The Labute approximate surface area is 177 Å². The summed E-state index contributed by atoms with van der Waals surface area (Å²) >= 11 is 6.18. The molecule has 5 nitrogen and oxygen atoms in total. The summed E-state index contributed by atoms with van der Waals surface area (Å²) < 4.78 is 5.89. The lowest BCUT2D eigenvalue weighted by atomic mass is 10.1. The van der Waals surface area contributed by atoms with Gasteiger partial charge in [0.25, 0.3) is 5.91 Å². The Kier molecular flexibility index (Phi) is 9.03. The van der Waals surface area contributed by atoms with E-state index in [1.54, 1.807) is 25.3 Å². The SMILES string of the molecule is CC(Oc1ccccc1Cl)C(=O)N(Cc1ccccn1)C1CCCNCC1.Cl. The fraction of sp³-hybridized carbons (Fsp3) is 0.429. The molecule has 1 fully saturated rings. The molecule has 7 heteroatoms. The van der Waals surface area contributed by atoms with Crippen LogP contribution in [-0.4, -0.2) is 41.0 Å². The van der Waals surface area contributed by atoms with Gasteiger partial charge in [0, 0.05) is 12.2 Å². The number of aromatic nitrogens is 1. The molecule has 0 spiro atoms. The quantitative estimate of drug-likeness (QED) is 0.759. The van der Waals surface area contributed by atoms with E-state index in [0.717, 1.165) is 38.0 Å². The number of halogens is 2. The molecule has 2 unspecified atom stereocenters. The van der Waals surface area contributed by atoms with Gasteiger partial charge >= 0.3 is 0 Å². The Morgan fingerprint density at radius 3 is 2.79 bits per heavy atom. The molecule has 2 heterocycles. The first-order valence-electron chi connectivity index (χ1n) is 9.47. The molecule has 1 N–H and O–H groups in total. The molecule has 1 aliphatic rings. The summed E-state index contributed by atoms with van der Waals surface area (Å²) in [6, 6.07) is 13.2. The minimum absolute atomic E-state index is 0. The molecular weight excluding hydrogens is 397 g/mol. The second-order valence-corrected chi connectivity index (χ2v) is 7.22. The van der Waals surface area contributed by atoms with Crippen molar-refractivity contribution < 1.29 is 9.53 Å². The van der Waals surface area contributed by atoms with Crippen LogP contribution in [0.4, 0.5) is 0 Å². The smallest absolute Gasteiger partial charge is 0.263 e. The molecule has 0 radical (unpaired) electrons. The first-order valence-corrected chi connectivity index (χ1v) is 9.85. The van der Waals surface area contributed by atoms with Crippen LogP contribution >= 0.6 is 24.0 Å². The van der Waals surface area contributed by atoms with E-state index >= 15 is 0 Å². The van der Waals surface area contributed by atoms with E-state index in [4.69, 9.17) is 16.3 Å². The molecule has 1 aliphatic heterocycles. The number of nitrogens with zero attached hydrogens (tertiary/aromatic N) is 2. The second kappa shape index (κ2) is 11.2. The summed E-state index contributed by atoms with van der Waals surface area (Å²) in [7, 11) is 0. The van der Waals surface area contributed by atoms with Crippen molar-refractivity contribution in [3.63, 3.8) is 0 Å². The van der Waals surface area contributed by atoms with Crippen molar-refractivity contribution in [1.29, 1.82) is 0 Å². The van der Waals surface area contributed by atoms with Gasteiger partial charge in [0.15, 0.2) is 6.10 Å². The lowest BCUT2D eigenvalue weighted by molar-refractivity contribution is -0.141. The van der Waals surface area contributed by atoms with Crippen LogP contribution in [0.3, 0.4) is 0 Å². The van der Waals surface area contributed by atoms with Gasteiger partial charge in [0.1, 0.15) is 5.75 Å². The highest BCUT2D eigenvalue weighted by atomic mass is 35.5. The highest BCUT2D eigenvalue weighted by Crippen LogP contribution is 2.25. The normalized spacial score (nSPS) is 17.7. The minimum Gasteiger partial charge on any atom is -0.479 e. The number of carbonyl (C=O) groups excluding carboxylic acids is 1. The third-order valence-electron chi connectivity index (χ3n) is 4.82. The largest absolute Gasteiger partial charge is 0.479 e. The van der Waals surface area contributed by atoms with Gasteiger partial charge in [0.05, 0.1) is 17.3 Å². The maximum absolute atomic E-state index is 13.3. The van der Waals surface area contributed by atoms with Crippen LogP contribution in [0.25, 0.3) is 0 Å². The van der Waals surface area contributed by atoms with Gasteiger partial charge < -0.3 is 15.0 Å². The van der Waals surface area contributed by atoms with Crippen LogP contribution in [0.1, 0.15) is 31.9 Å². The molecule has 28 heavy (non-hydrogen) atoms. The third-order valence-corrected chi connectivity index (χ3v) is 5.13. The van der Waals surface area contributed by atoms with Crippen LogP contribution in [0.2, 0.25) is 5.02 Å². The van der Waals surface area contributed by atoms with Gasteiger partial charge in [-0.3, -0.25) is 9.78 Å². The van der Waals surface area contributed by atoms with Crippen LogP contribution < -0.4 is 10.1 Å². The first kappa shape index (κ1) is 22.5. The number of ether oxygens (including phenoxy) is 1. The topological polar surface area (TPSA) is 54.5 Å². The van der Waals surface area contributed by atoms with Crippen molar-refractivity contribution in [2.24, 2.45) is 0 Å². The molecule has 0 saturated carbocycles. The van der Waals surface area contributed by atoms with Gasteiger partial charge in [-0.2, -0.15) is 0 Å². The predicted molar refractivity (Wildman–Crippen MR) is 114 cm³/mol. The molecule has 0 bridgehead atoms. The number of hydrogen-bond donors (Lipinski definition) is 1. The molecule has 1 amide bonds. The molecule has 3 rings (SSSR count). The summed E-state index contributed by atoms with van der Waals surface area (Å²) in [5.41, 5.74) is 0.882. The monoisotopic (exact) mass is 423 g/mol. The Morgan fingerprint density at radius 2 is 2.04 bits per heavy atom. The Hall–Kier alpha value is -1.82. The average molecular weight is 424 g/mol. The van der Waals surface area contributed by atoms with E-state index in [1.165, 1.54) is 0 Å². The van der Waals surface area contributed by atoms with Gasteiger partial charge in [-0.25, -0.2) is 0 Å².